The van der Waals surface area contributed by atoms with Crippen molar-refractivity contribution in [1.29, 1.82) is 0 Å². The molecule has 8 heteroatoms. The molecule has 8 nitrogen and oxygen atoms in total. The minimum absolute atomic E-state index is 0.0110. The summed E-state index contributed by atoms with van der Waals surface area (Å²) in [5.41, 5.74) is 6.09. The van der Waals surface area contributed by atoms with Crippen molar-refractivity contribution in [3.05, 3.63) is 95.1 Å². The third kappa shape index (κ3) is 10.2. The van der Waals surface area contributed by atoms with Crippen LogP contribution in [0.15, 0.2) is 72.8 Å². The van der Waals surface area contributed by atoms with Gasteiger partial charge in [-0.2, -0.15) is 0 Å². The van der Waals surface area contributed by atoms with Gasteiger partial charge in [0.1, 0.15) is 0 Å². The molecule has 3 N–H and O–H groups in total. The number of nitrogens with zero attached hydrogens (tertiary/aromatic N) is 1. The number of ether oxygens (including phenoxy) is 2. The van der Waals surface area contributed by atoms with E-state index in [1.807, 2.05) is 30.3 Å². The normalized spacial score (nSPS) is 20.3. The van der Waals surface area contributed by atoms with E-state index in [1.165, 1.54) is 19.3 Å². The molecular formula is C38H48N2O6. The minimum atomic E-state index is -0.769. The van der Waals surface area contributed by atoms with Crippen molar-refractivity contribution in [1.82, 2.24) is 10.2 Å². The lowest BCUT2D eigenvalue weighted by Crippen LogP contribution is -2.41. The van der Waals surface area contributed by atoms with E-state index in [-0.39, 0.29) is 31.1 Å². The van der Waals surface area contributed by atoms with E-state index in [0.717, 1.165) is 78.7 Å². The van der Waals surface area contributed by atoms with Crippen LogP contribution in [0.2, 0.25) is 0 Å². The highest BCUT2D eigenvalue weighted by Crippen LogP contribution is 2.39. The fourth-order valence-electron chi connectivity index (χ4n) is 6.39. The first kappa shape index (κ1) is 33.8. The number of unbranched alkanes of at least 4 members (excludes halogenated alkanes) is 3. The van der Waals surface area contributed by atoms with Crippen LogP contribution in [-0.4, -0.2) is 52.7 Å². The molecule has 2 aliphatic heterocycles. The Labute approximate surface area is 272 Å². The number of likely N-dealkylation sites (tertiary alicyclic amines) is 1. The van der Waals surface area contributed by atoms with E-state index >= 15 is 0 Å². The first-order chi connectivity index (χ1) is 22.5. The molecular weight excluding hydrogens is 580 g/mol. The van der Waals surface area contributed by atoms with Crippen molar-refractivity contribution in [2.75, 3.05) is 19.6 Å². The van der Waals surface area contributed by atoms with Gasteiger partial charge in [-0.25, -0.2) is 0 Å². The first-order valence-corrected chi connectivity index (χ1v) is 16.9. The molecule has 2 heterocycles. The number of carbonyl (C=O) groups is 2. The lowest BCUT2D eigenvalue weighted by atomic mass is 9.98. The number of piperidine rings is 1. The van der Waals surface area contributed by atoms with Gasteiger partial charge >= 0.3 is 5.97 Å². The van der Waals surface area contributed by atoms with Crippen molar-refractivity contribution < 1.29 is 29.3 Å². The van der Waals surface area contributed by atoms with Gasteiger partial charge in [-0.1, -0.05) is 79.9 Å². The van der Waals surface area contributed by atoms with E-state index in [2.05, 4.69) is 52.7 Å². The van der Waals surface area contributed by atoms with Crippen LogP contribution in [0.25, 0.3) is 11.1 Å². The first-order valence-electron chi connectivity index (χ1n) is 16.9. The van der Waals surface area contributed by atoms with Gasteiger partial charge < -0.3 is 29.9 Å². The smallest absolute Gasteiger partial charge is 0.303 e. The number of hydrogen-bond acceptors (Lipinski definition) is 6. The predicted octanol–water partition coefficient (Wildman–Crippen LogP) is 6.92. The Balaban J connectivity index is 1.23. The molecule has 2 aliphatic rings. The maximum absolute atomic E-state index is 12.4. The molecule has 0 spiro atoms. The Morgan fingerprint density at radius 2 is 1.50 bits per heavy atom. The summed E-state index contributed by atoms with van der Waals surface area (Å²) in [5.74, 6) is -0.758. The van der Waals surface area contributed by atoms with Crippen LogP contribution < -0.4 is 5.32 Å². The summed E-state index contributed by atoms with van der Waals surface area (Å²) in [5, 5.41) is 21.3. The zero-order chi connectivity index (χ0) is 32.1. The SMILES string of the molecule is O=C(O)CCCCCCC(=O)NCc1cccc(-c2cccc(C3OC(CN4CCCCC4)CC(c4ccc(CO)cc4)O3)c2)c1. The van der Waals surface area contributed by atoms with Crippen molar-refractivity contribution in [2.24, 2.45) is 0 Å². The summed E-state index contributed by atoms with van der Waals surface area (Å²) in [7, 11) is 0. The maximum atomic E-state index is 12.4. The third-order valence-electron chi connectivity index (χ3n) is 8.98. The molecule has 0 bridgehead atoms. The summed E-state index contributed by atoms with van der Waals surface area (Å²) in [6, 6.07) is 24.6. The Bertz CT molecular complexity index is 1400. The van der Waals surface area contributed by atoms with Crippen LogP contribution in [0.1, 0.15) is 98.9 Å². The molecule has 46 heavy (non-hydrogen) atoms. The van der Waals surface area contributed by atoms with Gasteiger partial charge in [-0.05, 0) is 78.7 Å². The maximum Gasteiger partial charge on any atom is 0.303 e. The molecule has 3 aromatic rings. The zero-order valence-corrected chi connectivity index (χ0v) is 26.7. The monoisotopic (exact) mass is 628 g/mol. The van der Waals surface area contributed by atoms with Gasteiger partial charge in [0.15, 0.2) is 6.29 Å². The van der Waals surface area contributed by atoms with Gasteiger partial charge in [-0.15, -0.1) is 0 Å². The molecule has 3 atom stereocenters. The second-order valence-corrected chi connectivity index (χ2v) is 12.6. The number of benzene rings is 3. The van der Waals surface area contributed by atoms with Crippen LogP contribution in [0, 0.1) is 0 Å². The molecule has 0 radical (unpaired) electrons. The summed E-state index contributed by atoms with van der Waals surface area (Å²) in [6.45, 7) is 3.59. The summed E-state index contributed by atoms with van der Waals surface area (Å²) < 4.78 is 13.3. The standard InChI is InChI=1S/C38H48N2O6/c41-27-28-16-18-30(19-17-28)35-24-34(26-40-20-6-3-7-21-40)45-38(46-35)33-13-9-12-32(23-33)31-11-8-10-29(22-31)25-39-36(42)14-4-1-2-5-15-37(43)44/h8-13,16-19,22-23,34-35,38,41H,1-7,14-15,20-21,24-27H2,(H,39,42)(H,43,44). The molecule has 2 saturated heterocycles. The number of carbonyl (C=O) groups excluding carboxylic acids is 1. The number of aliphatic hydroxyl groups is 1. The van der Waals surface area contributed by atoms with Crippen LogP contribution in [0.5, 0.6) is 0 Å². The van der Waals surface area contributed by atoms with Gasteiger partial charge in [-0.3, -0.25) is 9.59 Å². The van der Waals surface area contributed by atoms with Crippen LogP contribution in [0.4, 0.5) is 0 Å². The Morgan fingerprint density at radius 3 is 2.24 bits per heavy atom. The molecule has 0 saturated carbocycles. The number of carboxylic acid groups (broad SMARTS) is 1. The quantitative estimate of drug-likeness (QED) is 0.157. The van der Waals surface area contributed by atoms with Crippen molar-refractivity contribution in [3.8, 4) is 11.1 Å². The van der Waals surface area contributed by atoms with Gasteiger partial charge in [0.05, 0.1) is 18.8 Å². The molecule has 1 amide bonds. The number of aliphatic carboxylic acids is 1. The van der Waals surface area contributed by atoms with E-state index in [9.17, 15) is 14.7 Å². The second kappa shape index (κ2) is 17.4. The molecule has 3 unspecified atom stereocenters. The second-order valence-electron chi connectivity index (χ2n) is 12.6. The van der Waals surface area contributed by atoms with Crippen molar-refractivity contribution in [3.63, 3.8) is 0 Å². The largest absolute Gasteiger partial charge is 0.481 e. The van der Waals surface area contributed by atoms with E-state index in [0.29, 0.717) is 19.4 Å². The molecule has 5 rings (SSSR count). The molecule has 246 valence electrons. The van der Waals surface area contributed by atoms with E-state index < -0.39 is 12.3 Å². The average molecular weight is 629 g/mol. The average Bonchev–Trinajstić information content (AvgIpc) is 3.09. The highest BCUT2D eigenvalue weighted by Gasteiger charge is 2.33. The zero-order valence-electron chi connectivity index (χ0n) is 26.7. The Morgan fingerprint density at radius 1 is 0.783 bits per heavy atom. The van der Waals surface area contributed by atoms with E-state index in [4.69, 9.17) is 14.6 Å². The minimum Gasteiger partial charge on any atom is -0.481 e. The summed E-state index contributed by atoms with van der Waals surface area (Å²) in [4.78, 5) is 25.5. The number of nitrogens with one attached hydrogen (secondary N) is 1. The number of hydrogen-bond donors (Lipinski definition) is 3. The van der Waals surface area contributed by atoms with Gasteiger partial charge in [0.25, 0.3) is 0 Å². The highest BCUT2D eigenvalue weighted by atomic mass is 16.7. The Kier molecular flexibility index (Phi) is 12.8. The number of amides is 1. The topological polar surface area (TPSA) is 108 Å². The predicted molar refractivity (Wildman–Crippen MR) is 178 cm³/mol. The summed E-state index contributed by atoms with van der Waals surface area (Å²) in [6.07, 6.45) is 7.72. The number of aliphatic hydroxyl groups excluding tert-OH is 1. The Hall–Kier alpha value is -3.56. The lowest BCUT2D eigenvalue weighted by Gasteiger charge is -2.39. The lowest BCUT2D eigenvalue weighted by molar-refractivity contribution is -0.253. The molecule has 0 aliphatic carbocycles. The van der Waals surface area contributed by atoms with E-state index in [1.54, 1.807) is 0 Å². The molecule has 3 aromatic carbocycles. The fraction of sp³-hybridized carbons (Fsp3) is 0.474. The van der Waals surface area contributed by atoms with Crippen LogP contribution >= 0.6 is 0 Å². The number of carboxylic acids is 1. The van der Waals surface area contributed by atoms with Crippen molar-refractivity contribution >= 4 is 11.9 Å². The molecule has 2 fully saturated rings. The van der Waals surface area contributed by atoms with Gasteiger partial charge in [0.2, 0.25) is 5.91 Å². The highest BCUT2D eigenvalue weighted by molar-refractivity contribution is 5.76. The van der Waals surface area contributed by atoms with Crippen LogP contribution in [-0.2, 0) is 32.2 Å². The van der Waals surface area contributed by atoms with Crippen LogP contribution in [0.3, 0.4) is 0 Å². The third-order valence-corrected chi connectivity index (χ3v) is 8.98. The molecule has 0 aromatic heterocycles. The van der Waals surface area contributed by atoms with Crippen molar-refractivity contribution in [2.45, 2.75) is 95.9 Å². The number of rotatable bonds is 15. The van der Waals surface area contributed by atoms with Gasteiger partial charge in [0, 0.05) is 37.9 Å². The summed E-state index contributed by atoms with van der Waals surface area (Å²) >= 11 is 0. The fourth-order valence-corrected chi connectivity index (χ4v) is 6.39.